The molecule has 1 heterocycles. The third kappa shape index (κ3) is 7.51. The Morgan fingerprint density at radius 1 is 1.06 bits per heavy atom. The standard InChI is InChI=1S/C27H34N4O4/c1-27(2,30-16-23(33)21-10-11-25(28)29-15-21)14-18-6-4-8-20(12-18)26(35)31(3)17-24(34)19-7-5-9-22(32)13-19/h4-13,15,23-24,30,32-34H,14,16-17H2,1-3H3,(H2,28,29)/t23-,24?/m0/s1. The third-order valence-corrected chi connectivity index (χ3v) is 5.84. The first-order chi connectivity index (χ1) is 16.5. The summed E-state index contributed by atoms with van der Waals surface area (Å²) in [7, 11) is 1.64. The number of amides is 1. The summed E-state index contributed by atoms with van der Waals surface area (Å²) in [4.78, 5) is 18.5. The molecule has 1 unspecified atom stereocenters. The van der Waals surface area contributed by atoms with Crippen molar-refractivity contribution in [3.8, 4) is 5.75 Å². The van der Waals surface area contributed by atoms with Crippen molar-refractivity contribution in [2.75, 3.05) is 25.9 Å². The van der Waals surface area contributed by atoms with Gasteiger partial charge in [-0.3, -0.25) is 4.79 Å². The molecule has 3 rings (SSSR count). The number of nitrogens with two attached hydrogens (primary N) is 1. The minimum Gasteiger partial charge on any atom is -0.508 e. The lowest BCUT2D eigenvalue weighted by Gasteiger charge is -2.28. The summed E-state index contributed by atoms with van der Waals surface area (Å²) in [6.45, 7) is 4.50. The van der Waals surface area contributed by atoms with Gasteiger partial charge in [-0.2, -0.15) is 0 Å². The van der Waals surface area contributed by atoms with Gasteiger partial charge < -0.3 is 31.3 Å². The first-order valence-electron chi connectivity index (χ1n) is 11.5. The molecule has 0 saturated carbocycles. The van der Waals surface area contributed by atoms with Crippen LogP contribution in [0.5, 0.6) is 5.75 Å². The van der Waals surface area contributed by atoms with Crippen LogP contribution in [0.1, 0.15) is 53.1 Å². The number of aliphatic hydroxyl groups excluding tert-OH is 2. The number of likely N-dealkylation sites (N-methyl/N-ethyl adjacent to an activating group) is 1. The molecule has 0 aliphatic rings. The number of hydrogen-bond acceptors (Lipinski definition) is 7. The van der Waals surface area contributed by atoms with E-state index in [1.54, 1.807) is 43.6 Å². The van der Waals surface area contributed by atoms with Crippen molar-refractivity contribution in [1.29, 1.82) is 0 Å². The summed E-state index contributed by atoms with van der Waals surface area (Å²) in [5, 5.41) is 33.9. The molecule has 0 saturated heterocycles. The van der Waals surface area contributed by atoms with Gasteiger partial charge in [0.2, 0.25) is 0 Å². The van der Waals surface area contributed by atoms with Crippen molar-refractivity contribution in [1.82, 2.24) is 15.2 Å². The molecule has 1 aromatic heterocycles. The Labute approximate surface area is 206 Å². The van der Waals surface area contributed by atoms with Gasteiger partial charge in [0.1, 0.15) is 11.6 Å². The molecule has 2 atom stereocenters. The van der Waals surface area contributed by atoms with Crippen molar-refractivity contribution >= 4 is 11.7 Å². The summed E-state index contributed by atoms with van der Waals surface area (Å²) in [6.07, 6.45) is 0.570. The maximum absolute atomic E-state index is 13.0. The number of phenols is 1. The number of hydrogen-bond donors (Lipinski definition) is 5. The average molecular weight is 479 g/mol. The van der Waals surface area contributed by atoms with Crippen LogP contribution in [0.2, 0.25) is 0 Å². The zero-order valence-electron chi connectivity index (χ0n) is 20.3. The molecule has 0 aliphatic heterocycles. The fourth-order valence-corrected chi connectivity index (χ4v) is 3.89. The van der Waals surface area contributed by atoms with E-state index in [4.69, 9.17) is 5.73 Å². The molecule has 0 radical (unpaired) electrons. The number of nitrogens with zero attached hydrogens (tertiary/aromatic N) is 2. The van der Waals surface area contributed by atoms with Crippen LogP contribution in [0.3, 0.4) is 0 Å². The smallest absolute Gasteiger partial charge is 0.253 e. The number of carbonyl (C=O) groups excluding carboxylic acids is 1. The quantitative estimate of drug-likeness (QED) is 0.303. The SMILES string of the molecule is CN(CC(O)c1cccc(O)c1)C(=O)c1cccc(CC(C)(C)NC[C@H](O)c2ccc(N)nc2)c1. The summed E-state index contributed by atoms with van der Waals surface area (Å²) >= 11 is 0. The van der Waals surface area contributed by atoms with E-state index in [-0.39, 0.29) is 23.7 Å². The van der Waals surface area contributed by atoms with Gasteiger partial charge in [-0.05, 0) is 61.7 Å². The summed E-state index contributed by atoms with van der Waals surface area (Å²) in [5.41, 5.74) is 7.99. The normalized spacial score (nSPS) is 13.3. The number of phenolic OH excluding ortho intramolecular Hbond substituents is 1. The maximum atomic E-state index is 13.0. The third-order valence-electron chi connectivity index (χ3n) is 5.84. The van der Waals surface area contributed by atoms with E-state index in [9.17, 15) is 20.1 Å². The second-order valence-corrected chi connectivity index (χ2v) is 9.47. The Morgan fingerprint density at radius 2 is 1.80 bits per heavy atom. The number of nitrogens with one attached hydrogen (secondary N) is 1. The highest BCUT2D eigenvalue weighted by molar-refractivity contribution is 5.94. The van der Waals surface area contributed by atoms with Gasteiger partial charge in [-0.25, -0.2) is 4.98 Å². The second-order valence-electron chi connectivity index (χ2n) is 9.47. The van der Waals surface area contributed by atoms with Gasteiger partial charge in [0, 0.05) is 36.5 Å². The number of benzene rings is 2. The number of pyridine rings is 1. The fraction of sp³-hybridized carbons (Fsp3) is 0.333. The number of rotatable bonds is 10. The molecule has 0 fully saturated rings. The molecular weight excluding hydrogens is 444 g/mol. The molecule has 6 N–H and O–H groups in total. The first kappa shape index (κ1) is 26.2. The number of nitrogen functional groups attached to an aromatic ring is 1. The summed E-state index contributed by atoms with van der Waals surface area (Å²) < 4.78 is 0. The van der Waals surface area contributed by atoms with Crippen LogP contribution in [-0.2, 0) is 6.42 Å². The monoisotopic (exact) mass is 478 g/mol. The Morgan fingerprint density at radius 3 is 2.49 bits per heavy atom. The van der Waals surface area contributed by atoms with Crippen molar-refractivity contribution < 1.29 is 20.1 Å². The number of β-amino-alcohol motifs (C(OH)–C–C–N with tert-alkyl or cyclic N) is 1. The van der Waals surface area contributed by atoms with Gasteiger partial charge in [-0.1, -0.05) is 30.3 Å². The van der Waals surface area contributed by atoms with E-state index in [2.05, 4.69) is 10.3 Å². The summed E-state index contributed by atoms with van der Waals surface area (Å²) in [5.74, 6) is 0.267. The molecule has 3 aromatic rings. The van der Waals surface area contributed by atoms with E-state index in [1.807, 2.05) is 32.0 Å². The van der Waals surface area contributed by atoms with Gasteiger partial charge in [0.05, 0.1) is 18.8 Å². The molecule has 35 heavy (non-hydrogen) atoms. The lowest BCUT2D eigenvalue weighted by atomic mass is 9.93. The van der Waals surface area contributed by atoms with Crippen LogP contribution in [-0.4, -0.2) is 56.8 Å². The van der Waals surface area contributed by atoms with Gasteiger partial charge in [0.25, 0.3) is 5.91 Å². The molecule has 8 nitrogen and oxygen atoms in total. The van der Waals surface area contributed by atoms with Crippen LogP contribution >= 0.6 is 0 Å². The predicted molar refractivity (Wildman–Crippen MR) is 136 cm³/mol. The second kappa shape index (κ2) is 11.3. The Hall–Kier alpha value is -3.46. The number of aromatic nitrogens is 1. The highest BCUT2D eigenvalue weighted by atomic mass is 16.3. The predicted octanol–water partition coefficient (Wildman–Crippen LogP) is 2.82. The van der Waals surface area contributed by atoms with Crippen molar-refractivity contribution in [3.63, 3.8) is 0 Å². The van der Waals surface area contributed by atoms with E-state index >= 15 is 0 Å². The number of aromatic hydroxyl groups is 1. The molecule has 8 heteroatoms. The van der Waals surface area contributed by atoms with Crippen molar-refractivity contribution in [3.05, 3.63) is 89.1 Å². The summed E-state index contributed by atoms with van der Waals surface area (Å²) in [6, 6.07) is 17.2. The van der Waals surface area contributed by atoms with Crippen molar-refractivity contribution in [2.24, 2.45) is 0 Å². The lowest BCUT2D eigenvalue weighted by Crippen LogP contribution is -2.43. The molecule has 0 bridgehead atoms. The molecular formula is C27H34N4O4. The van der Waals surface area contributed by atoms with E-state index in [1.165, 1.54) is 17.0 Å². The maximum Gasteiger partial charge on any atom is 0.253 e. The largest absolute Gasteiger partial charge is 0.508 e. The van der Waals surface area contributed by atoms with Crippen LogP contribution in [0.15, 0.2) is 66.9 Å². The van der Waals surface area contributed by atoms with Gasteiger partial charge in [-0.15, -0.1) is 0 Å². The first-order valence-corrected chi connectivity index (χ1v) is 11.5. The number of anilines is 1. The fourth-order valence-electron chi connectivity index (χ4n) is 3.89. The average Bonchev–Trinajstić information content (AvgIpc) is 2.82. The topological polar surface area (TPSA) is 132 Å². The van der Waals surface area contributed by atoms with Crippen LogP contribution < -0.4 is 11.1 Å². The lowest BCUT2D eigenvalue weighted by molar-refractivity contribution is 0.0680. The number of aliphatic hydroxyl groups is 2. The minimum atomic E-state index is -0.912. The van der Waals surface area contributed by atoms with Crippen LogP contribution in [0, 0.1) is 0 Å². The minimum absolute atomic E-state index is 0.0668. The zero-order chi connectivity index (χ0) is 25.6. The zero-order valence-corrected chi connectivity index (χ0v) is 20.3. The Balaban J connectivity index is 1.59. The Bertz CT molecular complexity index is 1130. The number of carbonyl (C=O) groups is 1. The van der Waals surface area contributed by atoms with Gasteiger partial charge >= 0.3 is 0 Å². The van der Waals surface area contributed by atoms with E-state index in [0.717, 1.165) is 5.56 Å². The molecule has 0 spiro atoms. The molecule has 1 amide bonds. The highest BCUT2D eigenvalue weighted by Gasteiger charge is 2.22. The molecule has 0 aliphatic carbocycles. The van der Waals surface area contributed by atoms with Crippen LogP contribution in [0.4, 0.5) is 5.82 Å². The van der Waals surface area contributed by atoms with E-state index < -0.39 is 12.2 Å². The Kier molecular flexibility index (Phi) is 8.45. The van der Waals surface area contributed by atoms with Crippen molar-refractivity contribution in [2.45, 2.75) is 38.0 Å². The molecule has 2 aromatic carbocycles. The van der Waals surface area contributed by atoms with Gasteiger partial charge in [0.15, 0.2) is 0 Å². The van der Waals surface area contributed by atoms with E-state index in [0.29, 0.717) is 35.5 Å². The highest BCUT2D eigenvalue weighted by Crippen LogP contribution is 2.21. The molecule has 186 valence electrons. The van der Waals surface area contributed by atoms with Crippen LogP contribution in [0.25, 0.3) is 0 Å².